The minimum Gasteiger partial charge on any atom is -0.307 e. The number of benzene rings is 1. The summed E-state index contributed by atoms with van der Waals surface area (Å²) >= 11 is 1.68. The molecule has 1 atom stereocenters. The number of hydrogen-bond acceptors (Lipinski definition) is 5. The first kappa shape index (κ1) is 13.0. The van der Waals surface area contributed by atoms with E-state index < -0.39 is 0 Å². The van der Waals surface area contributed by atoms with E-state index in [1.54, 1.807) is 17.5 Å². The second kappa shape index (κ2) is 5.52. The van der Waals surface area contributed by atoms with Crippen LogP contribution in [0.5, 0.6) is 0 Å². The Morgan fingerprint density at radius 3 is 2.65 bits per heavy atom. The number of hydrogen-bond donors (Lipinski definition) is 1. The van der Waals surface area contributed by atoms with Gasteiger partial charge in [-0.05, 0) is 26.1 Å². The standard InChI is InChI=1S/C14H15N5S/c1-10-16-9-13(20-10)14(15-2)12-8-17-18-19(12)11-6-4-3-5-7-11/h3-9,14-15H,1-2H3. The van der Waals surface area contributed by atoms with Gasteiger partial charge in [-0.2, -0.15) is 0 Å². The van der Waals surface area contributed by atoms with Gasteiger partial charge >= 0.3 is 0 Å². The summed E-state index contributed by atoms with van der Waals surface area (Å²) in [6, 6.07) is 10.0. The highest BCUT2D eigenvalue weighted by Crippen LogP contribution is 2.27. The lowest BCUT2D eigenvalue weighted by molar-refractivity contribution is 0.641. The average Bonchev–Trinajstić information content (AvgIpc) is 3.11. The molecule has 102 valence electrons. The van der Waals surface area contributed by atoms with Gasteiger partial charge in [-0.3, -0.25) is 0 Å². The topological polar surface area (TPSA) is 55.6 Å². The lowest BCUT2D eigenvalue weighted by Crippen LogP contribution is -2.20. The van der Waals surface area contributed by atoms with Crippen molar-refractivity contribution < 1.29 is 0 Å². The van der Waals surface area contributed by atoms with Crippen molar-refractivity contribution in [1.82, 2.24) is 25.3 Å². The summed E-state index contributed by atoms with van der Waals surface area (Å²) in [6.07, 6.45) is 3.70. The van der Waals surface area contributed by atoms with Crippen molar-refractivity contribution in [3.8, 4) is 5.69 Å². The van der Waals surface area contributed by atoms with Crippen molar-refractivity contribution in [2.24, 2.45) is 0 Å². The fraction of sp³-hybridized carbons (Fsp3) is 0.214. The summed E-state index contributed by atoms with van der Waals surface area (Å²) in [5.74, 6) is 0. The van der Waals surface area contributed by atoms with Crippen LogP contribution in [0.4, 0.5) is 0 Å². The molecule has 0 aliphatic heterocycles. The lowest BCUT2D eigenvalue weighted by Gasteiger charge is -2.15. The summed E-state index contributed by atoms with van der Waals surface area (Å²) in [6.45, 7) is 2.01. The number of nitrogens with zero attached hydrogens (tertiary/aromatic N) is 4. The molecule has 0 saturated heterocycles. The van der Waals surface area contributed by atoms with Crippen LogP contribution in [0.25, 0.3) is 5.69 Å². The smallest absolute Gasteiger partial charge is 0.0897 e. The molecule has 2 aromatic heterocycles. The van der Waals surface area contributed by atoms with E-state index in [4.69, 9.17) is 0 Å². The fourth-order valence-corrected chi connectivity index (χ4v) is 3.07. The van der Waals surface area contributed by atoms with Crippen LogP contribution in [0, 0.1) is 6.92 Å². The van der Waals surface area contributed by atoms with Crippen LogP contribution in [0.15, 0.2) is 42.7 Å². The van der Waals surface area contributed by atoms with Gasteiger partial charge in [0.15, 0.2) is 0 Å². The molecular weight excluding hydrogens is 270 g/mol. The number of nitrogens with one attached hydrogen (secondary N) is 1. The molecule has 6 heteroatoms. The summed E-state index contributed by atoms with van der Waals surface area (Å²) in [5, 5.41) is 12.6. The Hall–Kier alpha value is -2.05. The van der Waals surface area contributed by atoms with Gasteiger partial charge < -0.3 is 5.32 Å². The summed E-state index contributed by atoms with van der Waals surface area (Å²) in [5.41, 5.74) is 2.00. The molecule has 1 unspecified atom stereocenters. The lowest BCUT2D eigenvalue weighted by atomic mass is 10.2. The first-order chi connectivity index (χ1) is 9.79. The van der Waals surface area contributed by atoms with Gasteiger partial charge in [0.1, 0.15) is 0 Å². The predicted molar refractivity (Wildman–Crippen MR) is 79.1 cm³/mol. The zero-order chi connectivity index (χ0) is 13.9. The summed E-state index contributed by atoms with van der Waals surface area (Å²) in [4.78, 5) is 5.48. The molecule has 0 saturated carbocycles. The average molecular weight is 285 g/mol. The van der Waals surface area contributed by atoms with Crippen LogP contribution in [-0.4, -0.2) is 27.0 Å². The molecule has 0 fully saturated rings. The minimum absolute atomic E-state index is 0.0383. The van der Waals surface area contributed by atoms with Gasteiger partial charge in [-0.25, -0.2) is 9.67 Å². The number of para-hydroxylation sites is 1. The number of aryl methyl sites for hydroxylation is 1. The predicted octanol–water partition coefficient (Wildman–Crippen LogP) is 2.34. The SMILES string of the molecule is CNC(c1cnc(C)s1)c1cnnn1-c1ccccc1. The monoisotopic (exact) mass is 285 g/mol. The van der Waals surface area contributed by atoms with Gasteiger partial charge in [-0.15, -0.1) is 16.4 Å². The Morgan fingerprint density at radius 2 is 2.00 bits per heavy atom. The molecule has 0 radical (unpaired) electrons. The molecule has 3 rings (SSSR count). The Labute approximate surface area is 121 Å². The maximum Gasteiger partial charge on any atom is 0.0897 e. The van der Waals surface area contributed by atoms with E-state index in [2.05, 4.69) is 20.6 Å². The van der Waals surface area contributed by atoms with Crippen molar-refractivity contribution >= 4 is 11.3 Å². The molecule has 2 heterocycles. The van der Waals surface area contributed by atoms with Gasteiger partial charge in [0.25, 0.3) is 0 Å². The van der Waals surface area contributed by atoms with E-state index in [9.17, 15) is 0 Å². The molecule has 5 nitrogen and oxygen atoms in total. The second-order valence-corrected chi connectivity index (χ2v) is 5.68. The van der Waals surface area contributed by atoms with Crippen molar-refractivity contribution in [2.45, 2.75) is 13.0 Å². The Morgan fingerprint density at radius 1 is 1.20 bits per heavy atom. The van der Waals surface area contributed by atoms with Gasteiger partial charge in [0.05, 0.1) is 28.6 Å². The van der Waals surface area contributed by atoms with E-state index in [1.165, 1.54) is 0 Å². The van der Waals surface area contributed by atoms with E-state index >= 15 is 0 Å². The zero-order valence-electron chi connectivity index (χ0n) is 11.3. The maximum absolute atomic E-state index is 4.33. The molecular formula is C14H15N5S. The van der Waals surface area contributed by atoms with Crippen LogP contribution >= 0.6 is 11.3 Å². The number of aromatic nitrogens is 4. The van der Waals surface area contributed by atoms with E-state index in [1.807, 2.05) is 55.2 Å². The largest absolute Gasteiger partial charge is 0.307 e. The highest BCUT2D eigenvalue weighted by atomic mass is 32.1. The van der Waals surface area contributed by atoms with Crippen molar-refractivity contribution in [2.75, 3.05) is 7.05 Å². The van der Waals surface area contributed by atoms with E-state index in [0.717, 1.165) is 21.3 Å². The van der Waals surface area contributed by atoms with Crippen LogP contribution in [0.3, 0.4) is 0 Å². The van der Waals surface area contributed by atoms with Crippen LogP contribution in [0.2, 0.25) is 0 Å². The van der Waals surface area contributed by atoms with Gasteiger partial charge in [0.2, 0.25) is 0 Å². The molecule has 0 aliphatic carbocycles. The van der Waals surface area contributed by atoms with E-state index in [0.29, 0.717) is 0 Å². The molecule has 1 aromatic carbocycles. The van der Waals surface area contributed by atoms with Crippen LogP contribution in [-0.2, 0) is 0 Å². The van der Waals surface area contributed by atoms with Crippen molar-refractivity contribution in [3.05, 3.63) is 58.3 Å². The fourth-order valence-electron chi connectivity index (χ4n) is 2.16. The highest BCUT2D eigenvalue weighted by Gasteiger charge is 2.20. The molecule has 0 aliphatic rings. The van der Waals surface area contributed by atoms with Crippen LogP contribution in [0.1, 0.15) is 21.6 Å². The quantitative estimate of drug-likeness (QED) is 0.799. The minimum atomic E-state index is 0.0383. The summed E-state index contributed by atoms with van der Waals surface area (Å²) in [7, 11) is 1.93. The maximum atomic E-state index is 4.33. The molecule has 0 bridgehead atoms. The van der Waals surface area contributed by atoms with Gasteiger partial charge in [-0.1, -0.05) is 23.4 Å². The Bertz CT molecular complexity index is 688. The third-order valence-electron chi connectivity index (χ3n) is 3.08. The number of rotatable bonds is 4. The van der Waals surface area contributed by atoms with E-state index in [-0.39, 0.29) is 6.04 Å². The Kier molecular flexibility index (Phi) is 3.58. The molecule has 1 N–H and O–H groups in total. The molecule has 0 amide bonds. The normalized spacial score (nSPS) is 12.5. The molecule has 0 spiro atoms. The highest BCUT2D eigenvalue weighted by molar-refractivity contribution is 7.11. The number of thiazole rings is 1. The summed E-state index contributed by atoms with van der Waals surface area (Å²) < 4.78 is 1.86. The molecule has 3 aromatic rings. The van der Waals surface area contributed by atoms with Crippen LogP contribution < -0.4 is 5.32 Å². The third kappa shape index (κ3) is 2.35. The third-order valence-corrected chi connectivity index (χ3v) is 4.06. The van der Waals surface area contributed by atoms with Gasteiger partial charge in [0, 0.05) is 11.1 Å². The second-order valence-electron chi connectivity index (χ2n) is 4.41. The van der Waals surface area contributed by atoms with Crippen molar-refractivity contribution in [3.63, 3.8) is 0 Å². The van der Waals surface area contributed by atoms with Crippen molar-refractivity contribution in [1.29, 1.82) is 0 Å². The first-order valence-corrected chi connectivity index (χ1v) is 7.17. The Balaban J connectivity index is 2.04. The first-order valence-electron chi connectivity index (χ1n) is 6.35. The zero-order valence-corrected chi connectivity index (χ0v) is 12.1. The molecule has 20 heavy (non-hydrogen) atoms.